The molecule has 0 saturated heterocycles. The Morgan fingerprint density at radius 1 is 1.21 bits per heavy atom. The van der Waals surface area contributed by atoms with E-state index in [4.69, 9.17) is 4.74 Å². The van der Waals surface area contributed by atoms with Crippen LogP contribution in [0, 0.1) is 13.8 Å². The molecule has 8 nitrogen and oxygen atoms in total. The number of nitrogens with zero attached hydrogens (tertiary/aromatic N) is 4. The molecule has 0 fully saturated rings. The number of alkyl halides is 3. The lowest BCUT2D eigenvalue weighted by Crippen LogP contribution is -2.34. The molecule has 0 bridgehead atoms. The third-order valence-corrected chi connectivity index (χ3v) is 5.95. The van der Waals surface area contributed by atoms with Crippen LogP contribution in [-0.2, 0) is 33.3 Å². The van der Waals surface area contributed by atoms with Gasteiger partial charge < -0.3 is 10.1 Å². The molecule has 3 aromatic rings. The van der Waals surface area contributed by atoms with Gasteiger partial charge in [-0.2, -0.15) is 18.2 Å². The van der Waals surface area contributed by atoms with E-state index in [1.807, 2.05) is 24.3 Å². The van der Waals surface area contributed by atoms with Gasteiger partial charge in [0.1, 0.15) is 0 Å². The Hall–Kier alpha value is -3.50. The number of hydrogen-bond acceptors (Lipinski definition) is 6. The van der Waals surface area contributed by atoms with Gasteiger partial charge in [0, 0.05) is 17.8 Å². The van der Waals surface area contributed by atoms with Crippen LogP contribution in [0.5, 0.6) is 0 Å². The Kier molecular flexibility index (Phi) is 6.54. The minimum absolute atomic E-state index is 0.0603. The summed E-state index contributed by atoms with van der Waals surface area (Å²) >= 11 is 0. The maximum atomic E-state index is 12.9. The molecule has 11 heteroatoms. The molecule has 0 aliphatic heterocycles. The molecule has 1 atom stereocenters. The minimum Gasteiger partial charge on any atom is -0.456 e. The summed E-state index contributed by atoms with van der Waals surface area (Å²) in [4.78, 5) is 32.1. The van der Waals surface area contributed by atoms with E-state index < -0.39 is 24.6 Å². The molecule has 2 heterocycles. The van der Waals surface area contributed by atoms with Crippen molar-refractivity contribution in [1.82, 2.24) is 24.9 Å². The zero-order valence-corrected chi connectivity index (χ0v) is 18.8. The molecule has 0 saturated carbocycles. The van der Waals surface area contributed by atoms with Gasteiger partial charge in [0.15, 0.2) is 6.61 Å². The summed E-state index contributed by atoms with van der Waals surface area (Å²) in [5.74, 6) is -2.40. The quantitative estimate of drug-likeness (QED) is 0.549. The first-order chi connectivity index (χ1) is 16.1. The topological polar surface area (TPSA) is 98.5 Å². The Morgan fingerprint density at radius 3 is 2.74 bits per heavy atom. The second kappa shape index (κ2) is 9.40. The Balaban J connectivity index is 1.33. The van der Waals surface area contributed by atoms with Gasteiger partial charge >= 0.3 is 12.1 Å². The van der Waals surface area contributed by atoms with Crippen LogP contribution >= 0.6 is 0 Å². The van der Waals surface area contributed by atoms with Crippen molar-refractivity contribution in [2.45, 2.75) is 58.2 Å². The molecular formula is C23H24F3N5O3. The number of fused-ring (bicyclic) bond motifs is 2. The first-order valence-electron chi connectivity index (χ1n) is 11.0. The summed E-state index contributed by atoms with van der Waals surface area (Å²) in [7, 11) is 0. The third-order valence-electron chi connectivity index (χ3n) is 5.95. The number of ether oxygens (including phenoxy) is 1. The van der Waals surface area contributed by atoms with Crippen molar-refractivity contribution in [3.63, 3.8) is 0 Å². The average molecular weight is 475 g/mol. The van der Waals surface area contributed by atoms with Crippen molar-refractivity contribution in [3.05, 3.63) is 58.2 Å². The van der Waals surface area contributed by atoms with Crippen molar-refractivity contribution < 1.29 is 27.5 Å². The maximum absolute atomic E-state index is 12.9. The van der Waals surface area contributed by atoms with Crippen LogP contribution in [0.15, 0.2) is 24.3 Å². The number of carbonyl (C=O) groups excluding carboxylic acids is 2. The highest BCUT2D eigenvalue weighted by Crippen LogP contribution is 2.29. The fourth-order valence-electron chi connectivity index (χ4n) is 4.28. The summed E-state index contributed by atoms with van der Waals surface area (Å²) < 4.78 is 44.9. The molecule has 1 N–H and O–H groups in total. The van der Waals surface area contributed by atoms with E-state index in [-0.39, 0.29) is 30.6 Å². The number of rotatable bonds is 6. The zero-order valence-electron chi connectivity index (χ0n) is 18.8. The molecule has 1 amide bonds. The van der Waals surface area contributed by atoms with Crippen molar-refractivity contribution in [3.8, 4) is 0 Å². The smallest absolute Gasteiger partial charge is 0.453 e. The number of benzene rings is 1. The lowest BCUT2D eigenvalue weighted by atomic mass is 9.88. The Morgan fingerprint density at radius 2 is 1.97 bits per heavy atom. The van der Waals surface area contributed by atoms with Crippen LogP contribution in [0.4, 0.5) is 13.2 Å². The van der Waals surface area contributed by atoms with E-state index in [2.05, 4.69) is 20.4 Å². The van der Waals surface area contributed by atoms with E-state index in [9.17, 15) is 22.8 Å². The molecule has 2 aromatic heterocycles. The van der Waals surface area contributed by atoms with E-state index in [1.165, 1.54) is 5.56 Å². The molecule has 0 radical (unpaired) electrons. The predicted molar refractivity (Wildman–Crippen MR) is 115 cm³/mol. The van der Waals surface area contributed by atoms with Gasteiger partial charge in [-0.1, -0.05) is 24.3 Å². The summed E-state index contributed by atoms with van der Waals surface area (Å²) in [5.41, 5.74) is 3.73. The number of nitrogens with one attached hydrogen (secondary N) is 1. The van der Waals surface area contributed by atoms with Gasteiger partial charge in [0.2, 0.25) is 0 Å². The first-order valence-corrected chi connectivity index (χ1v) is 11.0. The van der Waals surface area contributed by atoms with Gasteiger partial charge in [-0.05, 0) is 56.2 Å². The maximum Gasteiger partial charge on any atom is 0.453 e. The number of aromatic nitrogens is 4. The van der Waals surface area contributed by atoms with Gasteiger partial charge in [-0.15, -0.1) is 5.10 Å². The van der Waals surface area contributed by atoms with E-state index in [0.717, 1.165) is 29.3 Å². The Labute approximate surface area is 193 Å². The van der Waals surface area contributed by atoms with Crippen LogP contribution in [0.25, 0.3) is 5.78 Å². The van der Waals surface area contributed by atoms with E-state index >= 15 is 0 Å². The summed E-state index contributed by atoms with van der Waals surface area (Å²) in [6, 6.07) is 7.84. The number of carbonyl (C=O) groups is 2. The lowest BCUT2D eigenvalue weighted by molar-refractivity contribution is -0.148. The second-order valence-corrected chi connectivity index (χ2v) is 8.28. The second-order valence-electron chi connectivity index (χ2n) is 8.28. The van der Waals surface area contributed by atoms with Crippen molar-refractivity contribution in [1.29, 1.82) is 0 Å². The fraction of sp³-hybridized carbons (Fsp3) is 0.435. The summed E-state index contributed by atoms with van der Waals surface area (Å²) in [6.45, 7) is 2.82. The van der Waals surface area contributed by atoms with Crippen molar-refractivity contribution in [2.75, 3.05) is 6.61 Å². The monoisotopic (exact) mass is 475 g/mol. The molecule has 4 rings (SSSR count). The number of amides is 1. The van der Waals surface area contributed by atoms with E-state index in [0.29, 0.717) is 17.0 Å². The zero-order chi connectivity index (χ0) is 24.5. The van der Waals surface area contributed by atoms with Crippen LogP contribution < -0.4 is 5.32 Å². The van der Waals surface area contributed by atoms with Crippen LogP contribution in [0.1, 0.15) is 59.2 Å². The van der Waals surface area contributed by atoms with Crippen molar-refractivity contribution >= 4 is 17.7 Å². The molecule has 180 valence electrons. The normalized spacial score (nSPS) is 15.7. The van der Waals surface area contributed by atoms with Crippen LogP contribution in [-0.4, -0.2) is 38.1 Å². The third kappa shape index (κ3) is 5.02. The highest BCUT2D eigenvalue weighted by atomic mass is 19.4. The summed E-state index contributed by atoms with van der Waals surface area (Å²) in [5, 5.41) is 6.41. The van der Waals surface area contributed by atoms with Gasteiger partial charge in [-0.25, -0.2) is 9.50 Å². The van der Waals surface area contributed by atoms with Crippen LogP contribution in [0.3, 0.4) is 0 Å². The lowest BCUT2D eigenvalue weighted by Gasteiger charge is -2.26. The van der Waals surface area contributed by atoms with Crippen LogP contribution in [0.2, 0.25) is 0 Å². The predicted octanol–water partition coefficient (Wildman–Crippen LogP) is 3.43. The molecule has 1 aromatic carbocycles. The van der Waals surface area contributed by atoms with Gasteiger partial charge in [0.05, 0.1) is 6.04 Å². The first kappa shape index (κ1) is 23.7. The highest BCUT2D eigenvalue weighted by Gasteiger charge is 2.37. The minimum atomic E-state index is -4.68. The molecule has 34 heavy (non-hydrogen) atoms. The van der Waals surface area contributed by atoms with Crippen molar-refractivity contribution in [2.24, 2.45) is 0 Å². The largest absolute Gasteiger partial charge is 0.456 e. The molecule has 1 aliphatic rings. The fourth-order valence-corrected chi connectivity index (χ4v) is 4.28. The molecule has 0 spiro atoms. The number of halogens is 3. The number of hydrogen-bond donors (Lipinski definition) is 1. The SMILES string of the molecule is Cc1nc2nc(C(F)(F)F)nn2c(C)c1CCC(=O)OCC(=O)NC1CCCc2ccccc21. The summed E-state index contributed by atoms with van der Waals surface area (Å²) in [6.07, 6.45) is -1.80. The number of esters is 1. The standard InChI is InChI=1S/C23H24F3N5O3/c1-13-16(14(2)31-22(27-13)29-21(30-31)23(24,25)26)10-11-20(33)34-12-19(32)28-18-9-5-7-15-6-3-4-8-17(15)18/h3-4,6,8,18H,5,7,9-12H2,1-2H3,(H,28,32). The van der Waals surface area contributed by atoms with E-state index in [1.54, 1.807) is 13.8 Å². The highest BCUT2D eigenvalue weighted by molar-refractivity contribution is 5.81. The molecule has 1 unspecified atom stereocenters. The van der Waals surface area contributed by atoms with Gasteiger partial charge in [-0.3, -0.25) is 9.59 Å². The Bertz CT molecular complexity index is 1240. The van der Waals surface area contributed by atoms with Gasteiger partial charge in [0.25, 0.3) is 17.5 Å². The molecule has 1 aliphatic carbocycles. The average Bonchev–Trinajstić information content (AvgIpc) is 3.23. The molecular weight excluding hydrogens is 451 g/mol. The number of aryl methyl sites for hydroxylation is 3.